The van der Waals surface area contributed by atoms with Crippen LogP contribution in [0.3, 0.4) is 0 Å². The Morgan fingerprint density at radius 2 is 1.73 bits per heavy atom. The molecule has 0 aliphatic heterocycles. The van der Waals surface area contributed by atoms with Gasteiger partial charge in [0.15, 0.2) is 0 Å². The summed E-state index contributed by atoms with van der Waals surface area (Å²) in [4.78, 5) is 0. The van der Waals surface area contributed by atoms with Crippen molar-refractivity contribution >= 4 is 0 Å². The average Bonchev–Trinajstić information content (AvgIpc) is 2.25. The SMILES string of the molecule is CCC(COC)NC(CCCN)COC. The molecule has 4 nitrogen and oxygen atoms in total. The van der Waals surface area contributed by atoms with Crippen molar-refractivity contribution in [2.24, 2.45) is 5.73 Å². The van der Waals surface area contributed by atoms with Crippen LogP contribution in [0.15, 0.2) is 0 Å². The Kier molecular flexibility index (Phi) is 10.3. The fourth-order valence-corrected chi connectivity index (χ4v) is 1.60. The van der Waals surface area contributed by atoms with Crippen LogP contribution in [0, 0.1) is 0 Å². The summed E-state index contributed by atoms with van der Waals surface area (Å²) in [5, 5.41) is 3.53. The Hall–Kier alpha value is -0.160. The lowest BCUT2D eigenvalue weighted by molar-refractivity contribution is 0.125. The number of nitrogens with two attached hydrogens (primary N) is 1. The van der Waals surface area contributed by atoms with Gasteiger partial charge >= 0.3 is 0 Å². The van der Waals surface area contributed by atoms with E-state index < -0.39 is 0 Å². The molecule has 0 spiro atoms. The first kappa shape index (κ1) is 14.8. The minimum atomic E-state index is 0.388. The third kappa shape index (κ3) is 7.73. The zero-order valence-corrected chi connectivity index (χ0v) is 10.3. The molecule has 4 heteroatoms. The van der Waals surface area contributed by atoms with Crippen LogP contribution in [-0.2, 0) is 9.47 Å². The largest absolute Gasteiger partial charge is 0.383 e. The van der Waals surface area contributed by atoms with E-state index in [4.69, 9.17) is 15.2 Å². The summed E-state index contributed by atoms with van der Waals surface area (Å²) in [6.45, 7) is 4.38. The molecule has 92 valence electrons. The third-order valence-corrected chi connectivity index (χ3v) is 2.46. The molecule has 15 heavy (non-hydrogen) atoms. The van der Waals surface area contributed by atoms with Crippen molar-refractivity contribution in [2.45, 2.75) is 38.3 Å². The Balaban J connectivity index is 3.87. The fraction of sp³-hybridized carbons (Fsp3) is 1.00. The predicted molar refractivity (Wildman–Crippen MR) is 63.0 cm³/mol. The van der Waals surface area contributed by atoms with Gasteiger partial charge < -0.3 is 20.5 Å². The lowest BCUT2D eigenvalue weighted by Crippen LogP contribution is -2.43. The van der Waals surface area contributed by atoms with Crippen molar-refractivity contribution < 1.29 is 9.47 Å². The predicted octanol–water partition coefficient (Wildman–Crippen LogP) is 0.755. The zero-order valence-electron chi connectivity index (χ0n) is 10.3. The summed E-state index contributed by atoms with van der Waals surface area (Å²) < 4.78 is 10.3. The van der Waals surface area contributed by atoms with Gasteiger partial charge in [-0.1, -0.05) is 6.92 Å². The zero-order chi connectivity index (χ0) is 11.5. The van der Waals surface area contributed by atoms with E-state index in [1.54, 1.807) is 14.2 Å². The highest BCUT2D eigenvalue weighted by atomic mass is 16.5. The molecule has 0 aromatic heterocycles. The molecule has 0 saturated heterocycles. The maximum atomic E-state index is 5.50. The van der Waals surface area contributed by atoms with Gasteiger partial charge in [-0.15, -0.1) is 0 Å². The van der Waals surface area contributed by atoms with E-state index in [1.165, 1.54) is 0 Å². The maximum Gasteiger partial charge on any atom is 0.0615 e. The van der Waals surface area contributed by atoms with E-state index in [1.807, 2.05) is 0 Å². The Bertz CT molecular complexity index is 134. The molecule has 0 bridgehead atoms. The lowest BCUT2D eigenvalue weighted by Gasteiger charge is -2.24. The molecule has 0 amide bonds. The van der Waals surface area contributed by atoms with Crippen LogP contribution in [0.1, 0.15) is 26.2 Å². The molecule has 0 fully saturated rings. The fourth-order valence-electron chi connectivity index (χ4n) is 1.60. The maximum absolute atomic E-state index is 5.50. The molecule has 0 rings (SSSR count). The molecule has 2 atom stereocenters. The highest BCUT2D eigenvalue weighted by Crippen LogP contribution is 2.01. The van der Waals surface area contributed by atoms with Gasteiger partial charge in [-0.3, -0.25) is 0 Å². The molecule has 0 aromatic rings. The van der Waals surface area contributed by atoms with E-state index in [-0.39, 0.29) is 0 Å². The Morgan fingerprint density at radius 1 is 1.13 bits per heavy atom. The van der Waals surface area contributed by atoms with Crippen LogP contribution >= 0.6 is 0 Å². The minimum Gasteiger partial charge on any atom is -0.383 e. The van der Waals surface area contributed by atoms with Crippen molar-refractivity contribution in [3.63, 3.8) is 0 Å². The monoisotopic (exact) mass is 218 g/mol. The number of hydrogen-bond acceptors (Lipinski definition) is 4. The molecule has 0 aliphatic carbocycles. The Morgan fingerprint density at radius 3 is 2.20 bits per heavy atom. The highest BCUT2D eigenvalue weighted by Gasteiger charge is 2.13. The van der Waals surface area contributed by atoms with Crippen molar-refractivity contribution in [3.8, 4) is 0 Å². The van der Waals surface area contributed by atoms with Crippen molar-refractivity contribution in [1.29, 1.82) is 0 Å². The summed E-state index contributed by atoms with van der Waals surface area (Å²) in [6.07, 6.45) is 3.16. The van der Waals surface area contributed by atoms with Crippen LogP contribution in [0.2, 0.25) is 0 Å². The van der Waals surface area contributed by atoms with Crippen LogP contribution in [0.5, 0.6) is 0 Å². The molecular weight excluding hydrogens is 192 g/mol. The smallest absolute Gasteiger partial charge is 0.0615 e. The number of hydrogen-bond donors (Lipinski definition) is 2. The molecule has 0 saturated carbocycles. The number of nitrogens with one attached hydrogen (secondary N) is 1. The molecule has 0 heterocycles. The van der Waals surface area contributed by atoms with Crippen molar-refractivity contribution in [2.75, 3.05) is 34.0 Å². The van der Waals surface area contributed by atoms with Gasteiger partial charge in [0.2, 0.25) is 0 Å². The molecule has 0 aromatic carbocycles. The summed E-state index contributed by atoms with van der Waals surface area (Å²) in [5.74, 6) is 0. The van der Waals surface area contributed by atoms with E-state index in [2.05, 4.69) is 12.2 Å². The molecule has 0 aliphatic rings. The van der Waals surface area contributed by atoms with Crippen LogP contribution in [0.25, 0.3) is 0 Å². The second-order valence-corrected chi connectivity index (χ2v) is 3.81. The van der Waals surface area contributed by atoms with E-state index in [9.17, 15) is 0 Å². The van der Waals surface area contributed by atoms with Gasteiger partial charge in [0, 0.05) is 26.3 Å². The minimum absolute atomic E-state index is 0.388. The van der Waals surface area contributed by atoms with Crippen molar-refractivity contribution in [3.05, 3.63) is 0 Å². The second kappa shape index (κ2) is 10.4. The first-order valence-corrected chi connectivity index (χ1v) is 5.72. The van der Waals surface area contributed by atoms with E-state index in [0.717, 1.165) is 39.0 Å². The van der Waals surface area contributed by atoms with Gasteiger partial charge in [0.05, 0.1) is 13.2 Å². The molecule has 0 radical (unpaired) electrons. The van der Waals surface area contributed by atoms with Gasteiger partial charge in [-0.25, -0.2) is 0 Å². The normalized spacial score (nSPS) is 15.2. The van der Waals surface area contributed by atoms with Crippen LogP contribution in [0.4, 0.5) is 0 Å². The van der Waals surface area contributed by atoms with Gasteiger partial charge in [0.25, 0.3) is 0 Å². The molecule has 3 N–H and O–H groups in total. The van der Waals surface area contributed by atoms with Crippen LogP contribution < -0.4 is 11.1 Å². The first-order valence-electron chi connectivity index (χ1n) is 5.72. The number of rotatable bonds is 10. The second-order valence-electron chi connectivity index (χ2n) is 3.81. The van der Waals surface area contributed by atoms with Gasteiger partial charge in [-0.05, 0) is 25.8 Å². The topological polar surface area (TPSA) is 56.5 Å². The molecular formula is C11H26N2O2. The van der Waals surface area contributed by atoms with Crippen LogP contribution in [-0.4, -0.2) is 46.1 Å². The summed E-state index contributed by atoms with van der Waals surface area (Å²) in [5.41, 5.74) is 5.50. The summed E-state index contributed by atoms with van der Waals surface area (Å²) in [6, 6.07) is 0.798. The summed E-state index contributed by atoms with van der Waals surface area (Å²) in [7, 11) is 3.46. The quantitative estimate of drug-likeness (QED) is 0.568. The summed E-state index contributed by atoms with van der Waals surface area (Å²) >= 11 is 0. The number of ether oxygens (including phenoxy) is 2. The first-order chi connectivity index (χ1) is 7.28. The third-order valence-electron chi connectivity index (χ3n) is 2.46. The lowest BCUT2D eigenvalue weighted by atomic mass is 10.1. The van der Waals surface area contributed by atoms with E-state index >= 15 is 0 Å². The Labute approximate surface area is 93.5 Å². The highest BCUT2D eigenvalue weighted by molar-refractivity contribution is 4.73. The standard InChI is InChI=1S/C11H26N2O2/c1-4-10(8-14-2)13-11(9-15-3)6-5-7-12/h10-11,13H,4-9,12H2,1-3H3. The molecule has 2 unspecified atom stereocenters. The van der Waals surface area contributed by atoms with E-state index in [0.29, 0.717) is 12.1 Å². The number of methoxy groups -OCH3 is 2. The van der Waals surface area contributed by atoms with Gasteiger partial charge in [0.1, 0.15) is 0 Å². The average molecular weight is 218 g/mol. The van der Waals surface area contributed by atoms with Crippen molar-refractivity contribution in [1.82, 2.24) is 5.32 Å². The van der Waals surface area contributed by atoms with Gasteiger partial charge in [-0.2, -0.15) is 0 Å².